The monoisotopic (exact) mass is 313 g/mol. The summed E-state index contributed by atoms with van der Waals surface area (Å²) < 4.78 is 2.00. The summed E-state index contributed by atoms with van der Waals surface area (Å²) in [5.41, 5.74) is 1.34. The quantitative estimate of drug-likeness (QED) is 0.852. The van der Waals surface area contributed by atoms with Crippen molar-refractivity contribution in [1.29, 1.82) is 0 Å². The van der Waals surface area contributed by atoms with Gasteiger partial charge in [-0.15, -0.1) is 0 Å². The molecule has 0 aromatic carbocycles. The Morgan fingerprint density at radius 3 is 3.00 bits per heavy atom. The second-order valence-electron chi connectivity index (χ2n) is 6.63. The summed E-state index contributed by atoms with van der Waals surface area (Å²) in [6.45, 7) is 5.46. The van der Waals surface area contributed by atoms with Crippen LogP contribution < -0.4 is 5.32 Å². The maximum atomic E-state index is 4.29. The Morgan fingerprint density at radius 2 is 2.26 bits per heavy atom. The third-order valence-corrected chi connectivity index (χ3v) is 4.88. The van der Waals surface area contributed by atoms with E-state index in [4.69, 9.17) is 0 Å². The normalized spacial score (nSPS) is 23.2. The summed E-state index contributed by atoms with van der Waals surface area (Å²) in [6.07, 6.45) is 10.1. The molecule has 23 heavy (non-hydrogen) atoms. The Hall–Kier alpha value is -1.72. The number of aromatic nitrogens is 3. The smallest absolute Gasteiger partial charge is 0.0489 e. The molecule has 0 bridgehead atoms. The minimum Gasteiger partial charge on any atom is -0.314 e. The maximum absolute atomic E-state index is 4.29. The van der Waals surface area contributed by atoms with Crippen molar-refractivity contribution in [2.45, 2.75) is 38.4 Å². The van der Waals surface area contributed by atoms with Crippen LogP contribution in [0.15, 0.2) is 43.0 Å². The van der Waals surface area contributed by atoms with Crippen molar-refractivity contribution in [2.75, 3.05) is 20.1 Å². The summed E-state index contributed by atoms with van der Waals surface area (Å²) in [5.74, 6) is 0.649. The average molecular weight is 313 g/mol. The summed E-state index contributed by atoms with van der Waals surface area (Å²) in [4.78, 5) is 6.75. The first-order valence-electron chi connectivity index (χ1n) is 8.55. The second kappa shape index (κ2) is 7.70. The van der Waals surface area contributed by atoms with E-state index in [0.717, 1.165) is 26.1 Å². The highest BCUT2D eigenvalue weighted by atomic mass is 15.3. The standard InChI is InChI=1S/C18H27N5/c1-15(6-12-23-10-4-9-21-23)20-14-17-7-11-22(2)18(17)16-5-3-8-19-13-16/h3-5,8-10,13,15,17-18,20H,6-7,11-12,14H2,1-2H3/t15-,17+,18+/m1/s1. The van der Waals surface area contributed by atoms with Crippen LogP contribution in [0.1, 0.15) is 31.4 Å². The molecule has 124 valence electrons. The third-order valence-electron chi connectivity index (χ3n) is 4.88. The van der Waals surface area contributed by atoms with Crippen LogP contribution in [-0.4, -0.2) is 45.8 Å². The molecule has 0 radical (unpaired) electrons. The molecule has 0 unspecified atom stereocenters. The van der Waals surface area contributed by atoms with E-state index in [9.17, 15) is 0 Å². The zero-order valence-electron chi connectivity index (χ0n) is 14.1. The van der Waals surface area contributed by atoms with Gasteiger partial charge in [0.1, 0.15) is 0 Å². The fourth-order valence-electron chi connectivity index (χ4n) is 3.53. The molecule has 1 fully saturated rings. The van der Waals surface area contributed by atoms with Gasteiger partial charge in [0.2, 0.25) is 0 Å². The molecule has 5 heteroatoms. The summed E-state index contributed by atoms with van der Waals surface area (Å²) in [6, 6.07) is 7.20. The van der Waals surface area contributed by atoms with Crippen LogP contribution in [-0.2, 0) is 6.54 Å². The van der Waals surface area contributed by atoms with Crippen LogP contribution >= 0.6 is 0 Å². The van der Waals surface area contributed by atoms with E-state index < -0.39 is 0 Å². The Bertz CT molecular complexity index is 568. The Morgan fingerprint density at radius 1 is 1.35 bits per heavy atom. The number of pyridine rings is 1. The first kappa shape index (κ1) is 16.1. The van der Waals surface area contributed by atoms with Gasteiger partial charge in [-0.2, -0.15) is 5.10 Å². The Balaban J connectivity index is 1.50. The fourth-order valence-corrected chi connectivity index (χ4v) is 3.53. The number of nitrogens with one attached hydrogen (secondary N) is 1. The summed E-state index contributed by atoms with van der Waals surface area (Å²) in [7, 11) is 2.22. The van der Waals surface area contributed by atoms with E-state index in [1.807, 2.05) is 41.6 Å². The molecule has 1 N–H and O–H groups in total. The number of hydrogen-bond acceptors (Lipinski definition) is 4. The minimum absolute atomic E-state index is 0.481. The zero-order chi connectivity index (χ0) is 16.1. The number of rotatable bonds is 7. The number of hydrogen-bond donors (Lipinski definition) is 1. The topological polar surface area (TPSA) is 46.0 Å². The van der Waals surface area contributed by atoms with Crippen molar-refractivity contribution in [1.82, 2.24) is 25.0 Å². The van der Waals surface area contributed by atoms with Crippen molar-refractivity contribution in [3.63, 3.8) is 0 Å². The SMILES string of the molecule is C[C@H](CCn1cccn1)NC[C@@H]1CCN(C)[C@H]1c1cccnc1. The van der Waals surface area contributed by atoms with Crippen LogP contribution in [0.2, 0.25) is 0 Å². The van der Waals surface area contributed by atoms with Crippen molar-refractivity contribution in [3.8, 4) is 0 Å². The predicted octanol–water partition coefficient (Wildman–Crippen LogP) is 2.34. The first-order chi connectivity index (χ1) is 11.2. The molecule has 2 aromatic rings. The highest BCUT2D eigenvalue weighted by Gasteiger charge is 2.32. The summed E-state index contributed by atoms with van der Waals surface area (Å²) in [5, 5.41) is 7.98. The molecule has 1 aliphatic heterocycles. The lowest BCUT2D eigenvalue weighted by Gasteiger charge is -2.26. The van der Waals surface area contributed by atoms with Crippen molar-refractivity contribution in [2.24, 2.45) is 5.92 Å². The molecule has 3 heterocycles. The number of nitrogens with zero attached hydrogens (tertiary/aromatic N) is 4. The lowest BCUT2D eigenvalue weighted by atomic mass is 9.94. The number of likely N-dealkylation sites (tertiary alicyclic amines) is 1. The van der Waals surface area contributed by atoms with Gasteiger partial charge in [0.05, 0.1) is 0 Å². The predicted molar refractivity (Wildman–Crippen MR) is 92.0 cm³/mol. The average Bonchev–Trinajstić information content (AvgIpc) is 3.21. The molecule has 3 rings (SSSR count). The molecule has 5 nitrogen and oxygen atoms in total. The van der Waals surface area contributed by atoms with Gasteiger partial charge in [-0.25, -0.2) is 0 Å². The van der Waals surface area contributed by atoms with E-state index in [2.05, 4.69) is 40.3 Å². The lowest BCUT2D eigenvalue weighted by Crippen LogP contribution is -2.34. The highest BCUT2D eigenvalue weighted by Crippen LogP contribution is 2.35. The number of aryl methyl sites for hydroxylation is 1. The van der Waals surface area contributed by atoms with E-state index in [1.54, 1.807) is 0 Å². The Kier molecular flexibility index (Phi) is 5.41. The second-order valence-corrected chi connectivity index (χ2v) is 6.63. The lowest BCUT2D eigenvalue weighted by molar-refractivity contribution is 0.266. The highest BCUT2D eigenvalue weighted by molar-refractivity contribution is 5.17. The van der Waals surface area contributed by atoms with Crippen LogP contribution in [0.4, 0.5) is 0 Å². The van der Waals surface area contributed by atoms with E-state index >= 15 is 0 Å². The van der Waals surface area contributed by atoms with Crippen LogP contribution in [0.3, 0.4) is 0 Å². The molecular formula is C18H27N5. The van der Waals surface area contributed by atoms with Gasteiger partial charge in [-0.1, -0.05) is 6.07 Å². The molecular weight excluding hydrogens is 286 g/mol. The van der Waals surface area contributed by atoms with Crippen molar-refractivity contribution in [3.05, 3.63) is 48.5 Å². The molecule has 2 aromatic heterocycles. The molecule has 3 atom stereocenters. The van der Waals surface area contributed by atoms with Crippen molar-refractivity contribution < 1.29 is 0 Å². The molecule has 0 spiro atoms. The van der Waals surface area contributed by atoms with Crippen LogP contribution in [0.5, 0.6) is 0 Å². The molecule has 0 aliphatic carbocycles. The molecule has 1 aliphatic rings. The third kappa shape index (κ3) is 4.18. The van der Waals surface area contributed by atoms with Crippen molar-refractivity contribution >= 4 is 0 Å². The van der Waals surface area contributed by atoms with E-state index in [1.165, 1.54) is 12.0 Å². The van der Waals surface area contributed by atoms with Gasteiger partial charge < -0.3 is 5.32 Å². The van der Waals surface area contributed by atoms with Gasteiger partial charge in [0.15, 0.2) is 0 Å². The summed E-state index contributed by atoms with van der Waals surface area (Å²) >= 11 is 0. The molecule has 0 saturated carbocycles. The molecule has 1 saturated heterocycles. The van der Waals surface area contributed by atoms with Gasteiger partial charge in [-0.3, -0.25) is 14.6 Å². The first-order valence-corrected chi connectivity index (χ1v) is 8.55. The molecule has 0 amide bonds. The fraction of sp³-hybridized carbons (Fsp3) is 0.556. The largest absolute Gasteiger partial charge is 0.314 e. The van der Waals surface area contributed by atoms with E-state index in [-0.39, 0.29) is 0 Å². The Labute approximate surface area is 138 Å². The van der Waals surface area contributed by atoms with Gasteiger partial charge >= 0.3 is 0 Å². The zero-order valence-corrected chi connectivity index (χ0v) is 14.1. The minimum atomic E-state index is 0.481. The van der Waals surface area contributed by atoms with Gasteiger partial charge in [0.25, 0.3) is 0 Å². The van der Waals surface area contributed by atoms with Crippen LogP contribution in [0.25, 0.3) is 0 Å². The van der Waals surface area contributed by atoms with Gasteiger partial charge in [0, 0.05) is 50.0 Å². The van der Waals surface area contributed by atoms with Gasteiger partial charge in [-0.05, 0) is 57.0 Å². The van der Waals surface area contributed by atoms with Crippen LogP contribution in [0, 0.1) is 5.92 Å². The van der Waals surface area contributed by atoms with E-state index in [0.29, 0.717) is 18.0 Å². The maximum Gasteiger partial charge on any atom is 0.0489 e.